The summed E-state index contributed by atoms with van der Waals surface area (Å²) in [4.78, 5) is 0. The van der Waals surface area contributed by atoms with Crippen LogP contribution in [0.3, 0.4) is 0 Å². The van der Waals surface area contributed by atoms with Crippen LogP contribution < -0.4 is 4.74 Å². The molecule has 21 heavy (non-hydrogen) atoms. The number of aromatic hydroxyl groups is 1. The molecule has 0 aliphatic rings. The highest BCUT2D eigenvalue weighted by atomic mass is 16.5. The average molecular weight is 285 g/mol. The second-order valence-electron chi connectivity index (χ2n) is 4.67. The summed E-state index contributed by atoms with van der Waals surface area (Å²) in [6.45, 7) is 0.591. The molecule has 3 aromatic rings. The normalized spacial score (nSPS) is 10.9. The van der Waals surface area contributed by atoms with Gasteiger partial charge in [-0.1, -0.05) is 29.4 Å². The first-order chi connectivity index (χ1) is 10.3. The van der Waals surface area contributed by atoms with Gasteiger partial charge >= 0.3 is 0 Å². The monoisotopic (exact) mass is 285 g/mol. The number of ether oxygens (including phenoxy) is 2. The lowest BCUT2D eigenvalue weighted by Crippen LogP contribution is -1.96. The van der Waals surface area contributed by atoms with E-state index in [2.05, 4.69) is 5.16 Å². The predicted molar refractivity (Wildman–Crippen MR) is 77.2 cm³/mol. The van der Waals surface area contributed by atoms with Crippen molar-refractivity contribution in [3.05, 3.63) is 53.9 Å². The number of hydrogen-bond acceptors (Lipinski definition) is 5. The summed E-state index contributed by atoms with van der Waals surface area (Å²) in [7, 11) is 1.59. The Morgan fingerprint density at radius 1 is 1.10 bits per heavy atom. The second-order valence-corrected chi connectivity index (χ2v) is 4.67. The fraction of sp³-hybridized carbons (Fsp3) is 0.188. The van der Waals surface area contributed by atoms with Crippen LogP contribution in [0.5, 0.6) is 11.5 Å². The first kappa shape index (κ1) is 13.5. The summed E-state index contributed by atoms with van der Waals surface area (Å²) in [5.74, 6) is 1.16. The zero-order valence-electron chi connectivity index (χ0n) is 11.6. The van der Waals surface area contributed by atoms with E-state index in [-0.39, 0.29) is 12.4 Å². The van der Waals surface area contributed by atoms with Gasteiger partial charge in [-0.2, -0.15) is 0 Å². The van der Waals surface area contributed by atoms with Gasteiger partial charge in [0.25, 0.3) is 0 Å². The van der Waals surface area contributed by atoms with Crippen molar-refractivity contribution in [1.82, 2.24) is 5.16 Å². The Labute approximate surface area is 121 Å². The second kappa shape index (κ2) is 5.85. The molecule has 0 radical (unpaired) electrons. The lowest BCUT2D eigenvalue weighted by atomic mass is 10.1. The van der Waals surface area contributed by atoms with E-state index in [1.807, 2.05) is 24.3 Å². The third-order valence-electron chi connectivity index (χ3n) is 3.10. The average Bonchev–Trinajstić information content (AvgIpc) is 2.93. The van der Waals surface area contributed by atoms with Crippen molar-refractivity contribution in [1.29, 1.82) is 0 Å². The van der Waals surface area contributed by atoms with Crippen LogP contribution in [0.25, 0.3) is 10.8 Å². The molecular weight excluding hydrogens is 270 g/mol. The summed E-state index contributed by atoms with van der Waals surface area (Å²) in [6.07, 6.45) is 0. The maximum atomic E-state index is 9.99. The van der Waals surface area contributed by atoms with Crippen molar-refractivity contribution >= 4 is 10.8 Å². The maximum Gasteiger partial charge on any atom is 0.162 e. The summed E-state index contributed by atoms with van der Waals surface area (Å²) in [5.41, 5.74) is 0.648. The Morgan fingerprint density at radius 3 is 2.62 bits per heavy atom. The van der Waals surface area contributed by atoms with Crippen molar-refractivity contribution in [3.8, 4) is 11.5 Å². The van der Waals surface area contributed by atoms with Gasteiger partial charge in [-0.15, -0.1) is 0 Å². The minimum absolute atomic E-state index is 0.106. The van der Waals surface area contributed by atoms with E-state index in [0.717, 1.165) is 10.8 Å². The van der Waals surface area contributed by atoms with Crippen LogP contribution in [-0.2, 0) is 18.0 Å². The van der Waals surface area contributed by atoms with E-state index in [9.17, 15) is 5.11 Å². The molecule has 0 atom stereocenters. The third-order valence-corrected chi connectivity index (χ3v) is 3.10. The Hall–Kier alpha value is -2.53. The Balaban J connectivity index is 1.76. The molecule has 0 amide bonds. The molecule has 0 aliphatic heterocycles. The van der Waals surface area contributed by atoms with Gasteiger partial charge < -0.3 is 19.1 Å². The van der Waals surface area contributed by atoms with Crippen molar-refractivity contribution in [3.63, 3.8) is 0 Å². The number of nitrogens with zero attached hydrogens (tertiary/aromatic N) is 1. The molecule has 0 aliphatic carbocycles. The molecule has 1 aromatic heterocycles. The molecule has 0 fully saturated rings. The van der Waals surface area contributed by atoms with Crippen LogP contribution in [0.1, 0.15) is 11.5 Å². The smallest absolute Gasteiger partial charge is 0.162 e. The van der Waals surface area contributed by atoms with Gasteiger partial charge in [0, 0.05) is 13.2 Å². The minimum Gasteiger partial charge on any atom is -0.504 e. The quantitative estimate of drug-likeness (QED) is 0.779. The van der Waals surface area contributed by atoms with E-state index in [1.54, 1.807) is 25.3 Å². The van der Waals surface area contributed by atoms with Crippen molar-refractivity contribution in [2.75, 3.05) is 7.11 Å². The Bertz CT molecular complexity index is 751. The fourth-order valence-electron chi connectivity index (χ4n) is 2.11. The van der Waals surface area contributed by atoms with Crippen LogP contribution >= 0.6 is 0 Å². The molecule has 0 spiro atoms. The number of methoxy groups -OCH3 is 1. The van der Waals surface area contributed by atoms with E-state index in [1.165, 1.54) is 0 Å². The number of phenolic OH excluding ortho intramolecular Hbond substituents is 1. The standard InChI is InChI=1S/C16H15NO4/c1-19-10-14-8-13(17-21-14)9-20-16-7-12-5-3-2-4-11(12)6-15(16)18/h2-8,18H,9-10H2,1H3. The molecule has 5 nitrogen and oxygen atoms in total. The summed E-state index contributed by atoms with van der Waals surface area (Å²) in [5, 5.41) is 15.8. The number of phenols is 1. The molecule has 0 saturated heterocycles. The Kier molecular flexibility index (Phi) is 3.75. The largest absolute Gasteiger partial charge is 0.504 e. The SMILES string of the molecule is COCc1cc(COc2cc3ccccc3cc2O)no1. The molecule has 1 heterocycles. The molecule has 1 N–H and O–H groups in total. The van der Waals surface area contributed by atoms with Crippen LogP contribution in [0.2, 0.25) is 0 Å². The highest BCUT2D eigenvalue weighted by molar-refractivity contribution is 5.85. The zero-order valence-corrected chi connectivity index (χ0v) is 11.6. The van der Waals surface area contributed by atoms with Crippen molar-refractivity contribution < 1.29 is 19.1 Å². The van der Waals surface area contributed by atoms with Gasteiger partial charge in [-0.3, -0.25) is 0 Å². The third kappa shape index (κ3) is 2.98. The maximum absolute atomic E-state index is 9.99. The summed E-state index contributed by atoms with van der Waals surface area (Å²) in [6, 6.07) is 13.0. The lowest BCUT2D eigenvalue weighted by Gasteiger charge is -2.08. The molecule has 0 unspecified atom stereocenters. The van der Waals surface area contributed by atoms with Crippen LogP contribution in [0.4, 0.5) is 0 Å². The van der Waals surface area contributed by atoms with Gasteiger partial charge in [0.05, 0.1) is 0 Å². The zero-order chi connectivity index (χ0) is 14.7. The minimum atomic E-state index is 0.106. The molecular formula is C16H15NO4. The van der Waals surface area contributed by atoms with E-state index in [4.69, 9.17) is 14.0 Å². The molecule has 2 aromatic carbocycles. The van der Waals surface area contributed by atoms with E-state index < -0.39 is 0 Å². The molecule has 0 bridgehead atoms. The van der Waals surface area contributed by atoms with Crippen molar-refractivity contribution in [2.45, 2.75) is 13.2 Å². The lowest BCUT2D eigenvalue weighted by molar-refractivity contribution is 0.155. The Morgan fingerprint density at radius 2 is 1.86 bits per heavy atom. The highest BCUT2D eigenvalue weighted by Crippen LogP contribution is 2.31. The summed E-state index contributed by atoms with van der Waals surface area (Å²) < 4.78 is 15.6. The molecule has 5 heteroatoms. The first-order valence-corrected chi connectivity index (χ1v) is 6.54. The van der Waals surface area contributed by atoms with Gasteiger partial charge in [0.15, 0.2) is 17.3 Å². The van der Waals surface area contributed by atoms with Crippen LogP contribution in [0.15, 0.2) is 47.0 Å². The van der Waals surface area contributed by atoms with Gasteiger partial charge in [0.1, 0.15) is 18.9 Å². The predicted octanol–water partition coefficient (Wildman–Crippen LogP) is 3.26. The van der Waals surface area contributed by atoms with Crippen LogP contribution in [-0.4, -0.2) is 17.4 Å². The van der Waals surface area contributed by atoms with Gasteiger partial charge in [0.2, 0.25) is 0 Å². The van der Waals surface area contributed by atoms with Crippen LogP contribution in [0, 0.1) is 0 Å². The van der Waals surface area contributed by atoms with Crippen molar-refractivity contribution in [2.24, 2.45) is 0 Å². The van der Waals surface area contributed by atoms with Gasteiger partial charge in [-0.05, 0) is 22.9 Å². The molecule has 0 saturated carbocycles. The first-order valence-electron chi connectivity index (χ1n) is 6.54. The molecule has 108 valence electrons. The number of fused-ring (bicyclic) bond motifs is 1. The van der Waals surface area contributed by atoms with Gasteiger partial charge in [-0.25, -0.2) is 0 Å². The number of hydrogen-bond donors (Lipinski definition) is 1. The number of aromatic nitrogens is 1. The van der Waals surface area contributed by atoms with E-state index in [0.29, 0.717) is 23.8 Å². The number of benzene rings is 2. The topological polar surface area (TPSA) is 64.7 Å². The summed E-state index contributed by atoms with van der Waals surface area (Å²) >= 11 is 0. The van der Waals surface area contributed by atoms with E-state index >= 15 is 0 Å². The number of rotatable bonds is 5. The fourth-order valence-corrected chi connectivity index (χ4v) is 2.11. The molecule has 3 rings (SSSR count). The highest BCUT2D eigenvalue weighted by Gasteiger charge is 2.08.